The highest BCUT2D eigenvalue weighted by molar-refractivity contribution is 9.09. The lowest BCUT2D eigenvalue weighted by molar-refractivity contribution is -0.154. The highest BCUT2D eigenvalue weighted by Gasteiger charge is 2.76. The van der Waals surface area contributed by atoms with Crippen LogP contribution in [0.15, 0.2) is 43.5 Å². The summed E-state index contributed by atoms with van der Waals surface area (Å²) in [4.78, 5) is 46.1. The van der Waals surface area contributed by atoms with Crippen LogP contribution < -0.4 is 4.90 Å². The van der Waals surface area contributed by atoms with Crippen molar-refractivity contribution < 1.29 is 24.2 Å². The van der Waals surface area contributed by atoms with E-state index in [9.17, 15) is 19.5 Å². The monoisotopic (exact) mass is 632 g/mol. The number of allylic oxidation sites excluding steroid dienone is 1. The molecule has 7 nitrogen and oxygen atoms in total. The van der Waals surface area contributed by atoms with Gasteiger partial charge in [-0.15, -0.1) is 24.9 Å². The molecule has 1 aromatic rings. The summed E-state index contributed by atoms with van der Waals surface area (Å²) in [6.45, 7) is 15.7. The number of anilines is 1. The van der Waals surface area contributed by atoms with Crippen LogP contribution in [0.5, 0.6) is 0 Å². The number of amides is 2. The van der Waals surface area contributed by atoms with Crippen LogP contribution in [-0.4, -0.2) is 74.5 Å². The SMILES string of the molecule is C=CCCCOC(=O)[C@H]1[C@H]2C(=O)N([C@@H](CO)C(C)C)C(C(=O)N(CC=C)c3c(C)cccc3C)C23CC(Br)[C@@H]1S3. The Bertz CT molecular complexity index is 1150. The Kier molecular flexibility index (Phi) is 9.57. The van der Waals surface area contributed by atoms with Crippen molar-refractivity contribution in [2.75, 3.05) is 24.7 Å². The van der Waals surface area contributed by atoms with Crippen molar-refractivity contribution in [1.29, 1.82) is 0 Å². The van der Waals surface area contributed by atoms with Gasteiger partial charge >= 0.3 is 5.97 Å². The largest absolute Gasteiger partial charge is 0.465 e. The number of esters is 1. The maximum absolute atomic E-state index is 14.8. The molecular weight excluding hydrogens is 592 g/mol. The minimum Gasteiger partial charge on any atom is -0.465 e. The number of aliphatic hydroxyl groups is 1. The highest BCUT2D eigenvalue weighted by atomic mass is 79.9. The van der Waals surface area contributed by atoms with Crippen LogP contribution in [0.2, 0.25) is 0 Å². The molecule has 218 valence electrons. The van der Waals surface area contributed by atoms with E-state index in [2.05, 4.69) is 29.1 Å². The van der Waals surface area contributed by atoms with Crippen LogP contribution in [0, 0.1) is 31.6 Å². The van der Waals surface area contributed by atoms with E-state index in [0.29, 0.717) is 12.8 Å². The molecular formula is C31H41BrN2O5S. The number of aliphatic hydroxyl groups excluding tert-OH is 1. The van der Waals surface area contributed by atoms with E-state index in [1.54, 1.807) is 33.7 Å². The number of nitrogens with zero attached hydrogens (tertiary/aromatic N) is 2. The molecule has 3 aliphatic rings. The molecule has 0 aliphatic carbocycles. The van der Waals surface area contributed by atoms with Gasteiger partial charge in [0.1, 0.15) is 6.04 Å². The number of carbonyl (C=O) groups excluding carboxylic acids is 3. The van der Waals surface area contributed by atoms with Crippen molar-refractivity contribution in [3.8, 4) is 0 Å². The highest BCUT2D eigenvalue weighted by Crippen LogP contribution is 2.68. The number of aryl methyl sites for hydroxylation is 2. The molecule has 40 heavy (non-hydrogen) atoms. The van der Waals surface area contributed by atoms with Gasteiger partial charge < -0.3 is 19.6 Å². The first kappa shape index (κ1) is 30.8. The maximum Gasteiger partial charge on any atom is 0.310 e. The Labute approximate surface area is 250 Å². The van der Waals surface area contributed by atoms with Crippen LogP contribution in [0.4, 0.5) is 5.69 Å². The van der Waals surface area contributed by atoms with E-state index >= 15 is 0 Å². The summed E-state index contributed by atoms with van der Waals surface area (Å²) in [5, 5.41) is 10.3. The predicted molar refractivity (Wildman–Crippen MR) is 164 cm³/mol. The lowest BCUT2D eigenvalue weighted by Gasteiger charge is -2.41. The predicted octanol–water partition coefficient (Wildman–Crippen LogP) is 4.81. The van der Waals surface area contributed by atoms with E-state index in [-0.39, 0.29) is 53.5 Å². The summed E-state index contributed by atoms with van der Waals surface area (Å²) in [5.74, 6) is -2.30. The van der Waals surface area contributed by atoms with E-state index < -0.39 is 28.7 Å². The zero-order chi connectivity index (χ0) is 29.4. The second-order valence-corrected chi connectivity index (χ2v) is 14.2. The number of hydrogen-bond acceptors (Lipinski definition) is 6. The number of thioether (sulfide) groups is 1. The molecule has 1 N–H and O–H groups in total. The molecule has 3 aliphatic heterocycles. The van der Waals surface area contributed by atoms with Gasteiger partial charge in [-0.1, -0.05) is 60.1 Å². The number of carbonyl (C=O) groups is 3. The summed E-state index contributed by atoms with van der Waals surface area (Å²) in [5.41, 5.74) is 2.70. The fourth-order valence-corrected chi connectivity index (χ4v) is 10.5. The number of unbranched alkanes of at least 4 members (excludes halogenated alkanes) is 1. The molecule has 3 saturated heterocycles. The number of para-hydroxylation sites is 1. The average molecular weight is 634 g/mol. The summed E-state index contributed by atoms with van der Waals surface area (Å²) in [7, 11) is 0. The first-order valence-electron chi connectivity index (χ1n) is 14.1. The van der Waals surface area contributed by atoms with Crippen LogP contribution in [-0.2, 0) is 19.1 Å². The number of benzene rings is 1. The Balaban J connectivity index is 1.82. The zero-order valence-corrected chi connectivity index (χ0v) is 26.2. The fourth-order valence-electron chi connectivity index (χ4n) is 6.89. The summed E-state index contributed by atoms with van der Waals surface area (Å²) in [6.07, 6.45) is 5.45. The number of halogens is 1. The van der Waals surface area contributed by atoms with Crippen molar-refractivity contribution in [1.82, 2.24) is 4.90 Å². The zero-order valence-electron chi connectivity index (χ0n) is 23.8. The van der Waals surface area contributed by atoms with Gasteiger partial charge in [-0.05, 0) is 50.2 Å². The van der Waals surface area contributed by atoms with E-state index in [4.69, 9.17) is 4.74 Å². The maximum atomic E-state index is 14.8. The number of rotatable bonds is 12. The molecule has 1 spiro atoms. The first-order chi connectivity index (χ1) is 19.0. The lowest BCUT2D eigenvalue weighted by atomic mass is 9.71. The van der Waals surface area contributed by atoms with E-state index in [1.165, 1.54) is 0 Å². The van der Waals surface area contributed by atoms with Gasteiger partial charge in [-0.2, -0.15) is 0 Å². The normalized spacial score (nSPS) is 29.4. The van der Waals surface area contributed by atoms with Crippen molar-refractivity contribution in [3.05, 3.63) is 54.6 Å². The minimum absolute atomic E-state index is 0.0535. The van der Waals surface area contributed by atoms with Crippen LogP contribution in [0.1, 0.15) is 44.2 Å². The molecule has 7 atom stereocenters. The van der Waals surface area contributed by atoms with Crippen molar-refractivity contribution in [3.63, 3.8) is 0 Å². The summed E-state index contributed by atoms with van der Waals surface area (Å²) >= 11 is 5.38. The topological polar surface area (TPSA) is 87.1 Å². The van der Waals surface area contributed by atoms with E-state index in [1.807, 2.05) is 45.9 Å². The van der Waals surface area contributed by atoms with Crippen molar-refractivity contribution >= 4 is 51.2 Å². The third kappa shape index (κ3) is 5.07. The number of ether oxygens (including phenoxy) is 1. The number of alkyl halides is 1. The third-order valence-corrected chi connectivity index (χ3v) is 11.9. The summed E-state index contributed by atoms with van der Waals surface area (Å²) < 4.78 is 4.86. The molecule has 2 bridgehead atoms. The van der Waals surface area contributed by atoms with Crippen molar-refractivity contribution in [2.24, 2.45) is 17.8 Å². The molecule has 3 fully saturated rings. The molecule has 3 heterocycles. The molecule has 0 saturated carbocycles. The molecule has 4 rings (SSSR count). The lowest BCUT2D eigenvalue weighted by Crippen LogP contribution is -2.59. The molecule has 1 aromatic carbocycles. The van der Waals surface area contributed by atoms with Crippen LogP contribution in [0.25, 0.3) is 0 Å². The molecule has 0 aromatic heterocycles. The second-order valence-electron chi connectivity index (χ2n) is 11.5. The molecule has 9 heteroatoms. The standard InChI is InChI=1S/C31H41BrN2O5S/c1-7-9-10-15-39-30(38)23-24-28(36)34(22(17-35)18(3)4)27(31(24)16-21(32)26(23)40-31)29(37)33(14-8-2)25-19(5)12-11-13-20(25)6/h7-8,11-13,18,21-24,26-27,35H,1-2,9-10,14-17H2,3-6H3/t21?,22-,23-,24-,26-,27?,31?/m0/s1. The Morgan fingerprint density at radius 3 is 2.52 bits per heavy atom. The van der Waals surface area contributed by atoms with Gasteiger partial charge in [-0.3, -0.25) is 14.4 Å². The van der Waals surface area contributed by atoms with Gasteiger partial charge in [0.15, 0.2) is 0 Å². The average Bonchev–Trinajstić information content (AvgIpc) is 3.49. The first-order valence-corrected chi connectivity index (χ1v) is 15.9. The van der Waals surface area contributed by atoms with Gasteiger partial charge in [0.2, 0.25) is 5.91 Å². The smallest absolute Gasteiger partial charge is 0.310 e. The van der Waals surface area contributed by atoms with Crippen LogP contribution >= 0.6 is 27.7 Å². The number of likely N-dealkylation sites (tertiary alicyclic amines) is 1. The van der Waals surface area contributed by atoms with Gasteiger partial charge in [0.25, 0.3) is 5.91 Å². The summed E-state index contributed by atoms with van der Waals surface area (Å²) in [6, 6.07) is 4.48. The number of hydrogen-bond donors (Lipinski definition) is 1. The molecule has 0 radical (unpaired) electrons. The van der Waals surface area contributed by atoms with Gasteiger partial charge in [0, 0.05) is 22.3 Å². The van der Waals surface area contributed by atoms with Gasteiger partial charge in [-0.25, -0.2) is 0 Å². The molecule has 3 unspecified atom stereocenters. The second kappa shape index (κ2) is 12.4. The van der Waals surface area contributed by atoms with Crippen LogP contribution in [0.3, 0.4) is 0 Å². The minimum atomic E-state index is -0.850. The van der Waals surface area contributed by atoms with Crippen molar-refractivity contribution in [2.45, 2.75) is 73.9 Å². The quantitative estimate of drug-likeness (QED) is 0.154. The number of fused-ring (bicyclic) bond motifs is 1. The van der Waals surface area contributed by atoms with E-state index in [0.717, 1.165) is 23.2 Å². The Morgan fingerprint density at radius 1 is 1.27 bits per heavy atom. The van der Waals surface area contributed by atoms with Gasteiger partial charge in [0.05, 0.1) is 35.8 Å². The fraction of sp³-hybridized carbons (Fsp3) is 0.581. The Morgan fingerprint density at radius 2 is 1.95 bits per heavy atom. The Hall–Kier alpha value is -2.10. The molecule has 2 amide bonds. The third-order valence-electron chi connectivity index (χ3n) is 8.63.